The van der Waals surface area contributed by atoms with E-state index in [9.17, 15) is 18.0 Å². The number of nitrogens with one attached hydrogen (secondary N) is 1. The Morgan fingerprint density at radius 1 is 1.26 bits per heavy atom. The Morgan fingerprint density at radius 2 is 1.97 bits per heavy atom. The zero-order valence-electron chi connectivity index (χ0n) is 19.5. The van der Waals surface area contributed by atoms with E-state index in [2.05, 4.69) is 25.0 Å². The van der Waals surface area contributed by atoms with E-state index in [4.69, 9.17) is 10.5 Å². The molecule has 35 heavy (non-hydrogen) atoms. The van der Waals surface area contributed by atoms with E-state index in [0.717, 1.165) is 12.4 Å². The van der Waals surface area contributed by atoms with Gasteiger partial charge in [0, 0.05) is 23.1 Å². The average molecular weight is 516 g/mol. The number of hydrogen-bond acceptors (Lipinski definition) is 8. The maximum Gasteiger partial charge on any atom is 0.422 e. The van der Waals surface area contributed by atoms with Crippen molar-refractivity contribution >= 4 is 28.5 Å². The molecule has 0 fully saturated rings. The predicted octanol–water partition coefficient (Wildman–Crippen LogP) is 4.19. The summed E-state index contributed by atoms with van der Waals surface area (Å²) < 4.78 is 61.4. The Balaban J connectivity index is 1.84. The number of thioether (sulfide) groups is 1. The Morgan fingerprint density at radius 3 is 2.57 bits per heavy atom. The number of halogens is 4. The van der Waals surface area contributed by atoms with Gasteiger partial charge >= 0.3 is 6.18 Å². The molecule has 2 heterocycles. The van der Waals surface area contributed by atoms with Crippen LogP contribution in [0.1, 0.15) is 41.9 Å². The van der Waals surface area contributed by atoms with Gasteiger partial charge in [-0.25, -0.2) is 14.4 Å². The van der Waals surface area contributed by atoms with Gasteiger partial charge in [-0.1, -0.05) is 11.8 Å². The highest BCUT2D eigenvalue weighted by molar-refractivity contribution is 8.15. The summed E-state index contributed by atoms with van der Waals surface area (Å²) in [5.41, 5.74) is 5.70. The fourth-order valence-electron chi connectivity index (χ4n) is 3.96. The largest absolute Gasteiger partial charge is 0.467 e. The van der Waals surface area contributed by atoms with Gasteiger partial charge in [-0.15, -0.1) is 0 Å². The fourth-order valence-corrected chi connectivity index (χ4v) is 5.24. The Labute approximate surface area is 203 Å². The van der Waals surface area contributed by atoms with E-state index in [1.54, 1.807) is 21.0 Å². The number of aliphatic imine (C=N–C) groups is 1. The summed E-state index contributed by atoms with van der Waals surface area (Å²) in [5.74, 6) is -1.54. The number of hydrogen-bond donors (Lipinski definition) is 2. The number of nitrogens with two attached hydrogens (primary N) is 1. The van der Waals surface area contributed by atoms with E-state index >= 15 is 4.39 Å². The molecule has 3 rings (SSSR count). The molecule has 8 nitrogen and oxygen atoms in total. The molecule has 2 aromatic rings. The van der Waals surface area contributed by atoms with Crippen LogP contribution in [0.15, 0.2) is 29.5 Å². The molecule has 0 radical (unpaired) electrons. The summed E-state index contributed by atoms with van der Waals surface area (Å²) in [4.78, 5) is 24.6. The lowest BCUT2D eigenvalue weighted by Gasteiger charge is -2.41. The first-order valence-electron chi connectivity index (χ1n) is 10.4. The Bertz CT molecular complexity index is 1130. The highest BCUT2D eigenvalue weighted by atomic mass is 32.2. The van der Waals surface area contributed by atoms with Gasteiger partial charge in [0.05, 0.1) is 24.5 Å². The number of amides is 1. The van der Waals surface area contributed by atoms with Gasteiger partial charge in [0.25, 0.3) is 5.91 Å². The predicted molar refractivity (Wildman–Crippen MR) is 124 cm³/mol. The van der Waals surface area contributed by atoms with Crippen molar-refractivity contribution in [3.63, 3.8) is 0 Å². The smallest absolute Gasteiger partial charge is 0.422 e. The van der Waals surface area contributed by atoms with Gasteiger partial charge in [0.1, 0.15) is 11.5 Å². The zero-order valence-corrected chi connectivity index (χ0v) is 20.3. The lowest BCUT2D eigenvalue weighted by atomic mass is 9.82. The van der Waals surface area contributed by atoms with Gasteiger partial charge < -0.3 is 20.5 Å². The molecule has 1 aliphatic rings. The van der Waals surface area contributed by atoms with Gasteiger partial charge in [-0.2, -0.15) is 13.2 Å². The van der Waals surface area contributed by atoms with Crippen molar-refractivity contribution in [3.8, 4) is 5.88 Å². The van der Waals surface area contributed by atoms with Crippen molar-refractivity contribution in [1.82, 2.24) is 9.97 Å². The molecule has 1 aromatic carbocycles. The third-order valence-corrected chi connectivity index (χ3v) is 6.27. The minimum absolute atomic E-state index is 0.164. The van der Waals surface area contributed by atoms with Crippen LogP contribution in [0.4, 0.5) is 23.2 Å². The number of amidine groups is 1. The SMILES string of the molecule is COC[C@@]1(C)C[C@@](C)(c2cc(NC(=O)c3cnc(OCC(F)(F)F)cn3)cc(C)c2F)N=C(N)S1. The van der Waals surface area contributed by atoms with Crippen molar-refractivity contribution in [2.24, 2.45) is 10.7 Å². The first-order valence-corrected chi connectivity index (χ1v) is 11.2. The molecule has 0 saturated heterocycles. The second-order valence-electron chi connectivity index (χ2n) is 8.64. The molecule has 0 unspecified atom stereocenters. The van der Waals surface area contributed by atoms with Crippen LogP contribution in [0.25, 0.3) is 0 Å². The van der Waals surface area contributed by atoms with Crippen molar-refractivity contribution in [2.45, 2.75) is 43.7 Å². The standard InChI is InChI=1S/C22H25F4N5O3S/c1-12-5-13(30-18(32)15-7-29-16(8-28-15)34-11-22(24,25)26)6-14(17(12)23)21(3)9-20(2,10-33-4)35-19(27)31-21/h5-8H,9-11H2,1-4H3,(H2,27,31)(H,30,32)/t20-,21+/m1/s1. The monoisotopic (exact) mass is 515 g/mol. The lowest BCUT2D eigenvalue weighted by Crippen LogP contribution is -2.43. The number of nitrogens with zero attached hydrogens (tertiary/aromatic N) is 3. The minimum Gasteiger partial charge on any atom is -0.467 e. The normalized spacial score (nSPS) is 22.5. The van der Waals surface area contributed by atoms with E-state index < -0.39 is 34.8 Å². The minimum atomic E-state index is -4.53. The number of aromatic nitrogens is 2. The maximum atomic E-state index is 15.3. The molecule has 0 aliphatic carbocycles. The summed E-state index contributed by atoms with van der Waals surface area (Å²) in [6.45, 7) is 4.13. The molecular weight excluding hydrogens is 490 g/mol. The van der Waals surface area contributed by atoms with Gasteiger partial charge in [0.2, 0.25) is 5.88 Å². The van der Waals surface area contributed by atoms with Crippen LogP contribution < -0.4 is 15.8 Å². The zero-order chi connectivity index (χ0) is 26.0. The van der Waals surface area contributed by atoms with Gasteiger partial charge in [-0.05, 0) is 44.9 Å². The average Bonchev–Trinajstić information content (AvgIpc) is 2.73. The molecule has 2 atom stereocenters. The van der Waals surface area contributed by atoms with Gasteiger partial charge in [0.15, 0.2) is 11.8 Å². The highest BCUT2D eigenvalue weighted by Crippen LogP contribution is 2.46. The first-order chi connectivity index (χ1) is 16.2. The fraction of sp³-hybridized carbons (Fsp3) is 0.455. The van der Waals surface area contributed by atoms with Crippen molar-refractivity contribution in [1.29, 1.82) is 0 Å². The summed E-state index contributed by atoms with van der Waals surface area (Å²) in [7, 11) is 1.57. The summed E-state index contributed by atoms with van der Waals surface area (Å²) >= 11 is 1.36. The van der Waals surface area contributed by atoms with Crippen LogP contribution >= 0.6 is 11.8 Å². The summed E-state index contributed by atoms with van der Waals surface area (Å²) in [6, 6.07) is 2.93. The van der Waals surface area contributed by atoms with Crippen LogP contribution in [0, 0.1) is 12.7 Å². The third kappa shape index (κ3) is 6.60. The number of benzene rings is 1. The Kier molecular flexibility index (Phi) is 7.60. The number of methoxy groups -OCH3 is 1. The van der Waals surface area contributed by atoms with Gasteiger partial charge in [-0.3, -0.25) is 9.79 Å². The molecular formula is C22H25F4N5O3S. The molecule has 13 heteroatoms. The molecule has 1 aromatic heterocycles. The van der Waals surface area contributed by atoms with Crippen molar-refractivity contribution in [3.05, 3.63) is 47.2 Å². The van der Waals surface area contributed by atoms with E-state index in [0.29, 0.717) is 18.2 Å². The summed E-state index contributed by atoms with van der Waals surface area (Å²) in [6.07, 6.45) is -2.20. The molecule has 0 saturated carbocycles. The lowest BCUT2D eigenvalue weighted by molar-refractivity contribution is -0.154. The number of carbonyl (C=O) groups is 1. The number of carbonyl (C=O) groups excluding carboxylic acids is 1. The molecule has 1 aliphatic heterocycles. The quantitative estimate of drug-likeness (QED) is 0.532. The van der Waals surface area contributed by atoms with Crippen LogP contribution in [0.2, 0.25) is 0 Å². The number of aryl methyl sites for hydroxylation is 1. The van der Waals surface area contributed by atoms with E-state index in [-0.39, 0.29) is 28.4 Å². The van der Waals surface area contributed by atoms with Crippen molar-refractivity contribution in [2.75, 3.05) is 25.6 Å². The van der Waals surface area contributed by atoms with Crippen LogP contribution in [-0.2, 0) is 10.3 Å². The third-order valence-electron chi connectivity index (χ3n) is 5.21. The molecule has 1 amide bonds. The number of anilines is 1. The van der Waals surface area contributed by atoms with Crippen molar-refractivity contribution < 1.29 is 31.8 Å². The van der Waals surface area contributed by atoms with E-state index in [1.165, 1.54) is 23.9 Å². The molecule has 190 valence electrons. The van der Waals surface area contributed by atoms with Crippen LogP contribution in [-0.4, -0.2) is 52.3 Å². The highest BCUT2D eigenvalue weighted by Gasteiger charge is 2.43. The van der Waals surface area contributed by atoms with Crippen LogP contribution in [0.5, 0.6) is 5.88 Å². The molecule has 0 spiro atoms. The summed E-state index contributed by atoms with van der Waals surface area (Å²) in [5, 5.41) is 2.92. The second-order valence-corrected chi connectivity index (χ2v) is 10.2. The molecule has 0 bridgehead atoms. The van der Waals surface area contributed by atoms with E-state index in [1.807, 2.05) is 6.92 Å². The number of ether oxygens (including phenoxy) is 2. The Hall–Kier alpha value is -2.93. The maximum absolute atomic E-state index is 15.3. The molecule has 3 N–H and O–H groups in total. The number of rotatable bonds is 7. The van der Waals surface area contributed by atoms with Crippen LogP contribution in [0.3, 0.4) is 0 Å². The first kappa shape index (κ1) is 26.7. The second kappa shape index (κ2) is 9.97. The topological polar surface area (TPSA) is 112 Å². The number of alkyl halides is 3.